The van der Waals surface area contributed by atoms with Gasteiger partial charge in [-0.1, -0.05) is 0 Å². The van der Waals surface area contributed by atoms with Crippen molar-refractivity contribution >= 4 is 0 Å². The number of hydrogen-bond acceptors (Lipinski definition) is 3. The minimum Gasteiger partial charge on any atom is -0.380 e. The number of ether oxygens (including phenoxy) is 1. The summed E-state index contributed by atoms with van der Waals surface area (Å²) < 4.78 is 5.22. The van der Waals surface area contributed by atoms with Crippen LogP contribution in [0.1, 0.15) is 26.7 Å². The third kappa shape index (κ3) is 7.52. The molecule has 0 rings (SSSR count). The summed E-state index contributed by atoms with van der Waals surface area (Å²) in [6, 6.07) is 2.51. The first-order chi connectivity index (χ1) is 5.81. The molecule has 3 nitrogen and oxygen atoms in total. The van der Waals surface area contributed by atoms with Crippen LogP contribution in [-0.4, -0.2) is 25.8 Å². The molecule has 0 saturated heterocycles. The highest BCUT2D eigenvalue weighted by atomic mass is 16.5. The van der Waals surface area contributed by atoms with E-state index in [1.165, 1.54) is 0 Å². The lowest BCUT2D eigenvalue weighted by Gasteiger charge is -2.12. The fraction of sp³-hybridized carbons (Fsp3) is 0.889. The second kappa shape index (κ2) is 8.51. The fourth-order valence-corrected chi connectivity index (χ4v) is 0.869. The SMILES string of the molecule is CCOCC(C)NCCCC#N. The summed E-state index contributed by atoms with van der Waals surface area (Å²) in [4.78, 5) is 0. The largest absolute Gasteiger partial charge is 0.380 e. The van der Waals surface area contributed by atoms with E-state index >= 15 is 0 Å². The molecule has 70 valence electrons. The Morgan fingerprint density at radius 2 is 2.33 bits per heavy atom. The van der Waals surface area contributed by atoms with Crippen molar-refractivity contribution in [2.75, 3.05) is 19.8 Å². The quantitative estimate of drug-likeness (QED) is 0.586. The van der Waals surface area contributed by atoms with Gasteiger partial charge in [-0.15, -0.1) is 0 Å². The predicted octanol–water partition coefficient (Wildman–Crippen LogP) is 1.30. The molecule has 0 aliphatic rings. The Labute approximate surface area is 74.7 Å². The lowest BCUT2D eigenvalue weighted by Crippen LogP contribution is -2.31. The zero-order valence-electron chi connectivity index (χ0n) is 7.97. The standard InChI is InChI=1S/C9H18N2O/c1-3-12-8-9(2)11-7-5-4-6-10/h9,11H,3-5,7-8H2,1-2H3. The van der Waals surface area contributed by atoms with E-state index in [1.807, 2.05) is 6.92 Å². The van der Waals surface area contributed by atoms with Gasteiger partial charge >= 0.3 is 0 Å². The van der Waals surface area contributed by atoms with Gasteiger partial charge in [-0.25, -0.2) is 0 Å². The first-order valence-corrected chi connectivity index (χ1v) is 4.49. The highest BCUT2D eigenvalue weighted by molar-refractivity contribution is 4.69. The average Bonchev–Trinajstić information content (AvgIpc) is 2.09. The van der Waals surface area contributed by atoms with Crippen LogP contribution in [0.15, 0.2) is 0 Å². The topological polar surface area (TPSA) is 45.0 Å². The molecular weight excluding hydrogens is 152 g/mol. The molecule has 0 aromatic heterocycles. The summed E-state index contributed by atoms with van der Waals surface area (Å²) in [5.74, 6) is 0. The monoisotopic (exact) mass is 170 g/mol. The highest BCUT2D eigenvalue weighted by Crippen LogP contribution is 1.87. The molecule has 3 heteroatoms. The van der Waals surface area contributed by atoms with Crippen molar-refractivity contribution in [3.05, 3.63) is 0 Å². The van der Waals surface area contributed by atoms with Crippen LogP contribution in [0.25, 0.3) is 0 Å². The lowest BCUT2D eigenvalue weighted by atomic mass is 10.3. The molecule has 0 spiro atoms. The normalized spacial score (nSPS) is 12.4. The Morgan fingerprint density at radius 1 is 1.58 bits per heavy atom. The maximum absolute atomic E-state index is 8.27. The smallest absolute Gasteiger partial charge is 0.0622 e. The van der Waals surface area contributed by atoms with Crippen LogP contribution in [0.4, 0.5) is 0 Å². The Bertz CT molecular complexity index is 131. The van der Waals surface area contributed by atoms with Crippen LogP contribution in [0.5, 0.6) is 0 Å². The van der Waals surface area contributed by atoms with Gasteiger partial charge in [-0.05, 0) is 26.8 Å². The summed E-state index contributed by atoms with van der Waals surface area (Å²) in [7, 11) is 0. The molecule has 12 heavy (non-hydrogen) atoms. The van der Waals surface area contributed by atoms with Gasteiger partial charge in [0, 0.05) is 19.1 Å². The van der Waals surface area contributed by atoms with Gasteiger partial charge in [0.25, 0.3) is 0 Å². The first-order valence-electron chi connectivity index (χ1n) is 4.49. The van der Waals surface area contributed by atoms with E-state index in [2.05, 4.69) is 18.3 Å². The van der Waals surface area contributed by atoms with Crippen LogP contribution in [0.3, 0.4) is 0 Å². The van der Waals surface area contributed by atoms with Crippen molar-refractivity contribution in [3.63, 3.8) is 0 Å². The summed E-state index contributed by atoms with van der Waals surface area (Å²) in [5.41, 5.74) is 0. The minimum atomic E-state index is 0.392. The molecule has 0 heterocycles. The molecule has 0 bridgehead atoms. The molecule has 0 aromatic rings. The third-order valence-corrected chi connectivity index (χ3v) is 1.53. The van der Waals surface area contributed by atoms with E-state index in [0.29, 0.717) is 12.5 Å². The van der Waals surface area contributed by atoms with Gasteiger partial charge < -0.3 is 10.1 Å². The van der Waals surface area contributed by atoms with E-state index in [4.69, 9.17) is 10.00 Å². The number of nitrogens with one attached hydrogen (secondary N) is 1. The Hall–Kier alpha value is -0.590. The molecule has 1 unspecified atom stereocenters. The number of rotatable bonds is 7. The second-order valence-electron chi connectivity index (χ2n) is 2.78. The molecule has 0 aliphatic heterocycles. The van der Waals surface area contributed by atoms with Crippen molar-refractivity contribution in [3.8, 4) is 6.07 Å². The minimum absolute atomic E-state index is 0.392. The van der Waals surface area contributed by atoms with Crippen molar-refractivity contribution in [1.29, 1.82) is 5.26 Å². The van der Waals surface area contributed by atoms with Crippen LogP contribution in [0.2, 0.25) is 0 Å². The van der Waals surface area contributed by atoms with E-state index in [1.54, 1.807) is 0 Å². The van der Waals surface area contributed by atoms with Gasteiger partial charge in [0.05, 0.1) is 12.7 Å². The van der Waals surface area contributed by atoms with Gasteiger partial charge in [0.15, 0.2) is 0 Å². The van der Waals surface area contributed by atoms with Crippen molar-refractivity contribution in [2.24, 2.45) is 0 Å². The Kier molecular flexibility index (Phi) is 8.09. The van der Waals surface area contributed by atoms with E-state index in [0.717, 1.165) is 26.2 Å². The van der Waals surface area contributed by atoms with Crippen molar-refractivity contribution in [1.82, 2.24) is 5.32 Å². The van der Waals surface area contributed by atoms with Crippen LogP contribution in [0, 0.1) is 11.3 Å². The maximum Gasteiger partial charge on any atom is 0.0622 e. The summed E-state index contributed by atoms with van der Waals surface area (Å²) in [6.45, 7) is 6.50. The lowest BCUT2D eigenvalue weighted by molar-refractivity contribution is 0.127. The summed E-state index contributed by atoms with van der Waals surface area (Å²) in [5, 5.41) is 11.5. The van der Waals surface area contributed by atoms with Gasteiger partial charge in [0.1, 0.15) is 0 Å². The van der Waals surface area contributed by atoms with Crippen LogP contribution >= 0.6 is 0 Å². The van der Waals surface area contributed by atoms with E-state index < -0.39 is 0 Å². The first kappa shape index (κ1) is 11.4. The van der Waals surface area contributed by atoms with E-state index in [-0.39, 0.29) is 0 Å². The molecule has 1 N–H and O–H groups in total. The average molecular weight is 170 g/mol. The molecular formula is C9H18N2O. The summed E-state index contributed by atoms with van der Waals surface area (Å²) >= 11 is 0. The molecule has 1 atom stereocenters. The second-order valence-corrected chi connectivity index (χ2v) is 2.78. The number of hydrogen-bond donors (Lipinski definition) is 1. The van der Waals surface area contributed by atoms with Gasteiger partial charge in [-0.3, -0.25) is 0 Å². The highest BCUT2D eigenvalue weighted by Gasteiger charge is 1.98. The fourth-order valence-electron chi connectivity index (χ4n) is 0.869. The molecule has 0 amide bonds. The zero-order chi connectivity index (χ0) is 9.23. The summed E-state index contributed by atoms with van der Waals surface area (Å²) in [6.07, 6.45) is 1.56. The van der Waals surface area contributed by atoms with Crippen LogP contribution < -0.4 is 5.32 Å². The number of unbranched alkanes of at least 4 members (excludes halogenated alkanes) is 1. The Morgan fingerprint density at radius 3 is 2.92 bits per heavy atom. The van der Waals surface area contributed by atoms with Crippen molar-refractivity contribution in [2.45, 2.75) is 32.7 Å². The molecule has 0 radical (unpaired) electrons. The molecule has 0 fully saturated rings. The van der Waals surface area contributed by atoms with Crippen molar-refractivity contribution < 1.29 is 4.74 Å². The van der Waals surface area contributed by atoms with Crippen LogP contribution in [-0.2, 0) is 4.74 Å². The molecule has 0 aliphatic carbocycles. The van der Waals surface area contributed by atoms with Gasteiger partial charge in [0.2, 0.25) is 0 Å². The number of nitrogens with zero attached hydrogens (tertiary/aromatic N) is 1. The van der Waals surface area contributed by atoms with Gasteiger partial charge in [-0.2, -0.15) is 5.26 Å². The maximum atomic E-state index is 8.27. The zero-order valence-corrected chi connectivity index (χ0v) is 7.97. The Balaban J connectivity index is 3.09. The van der Waals surface area contributed by atoms with E-state index in [9.17, 15) is 0 Å². The number of nitriles is 1. The third-order valence-electron chi connectivity index (χ3n) is 1.53. The molecule has 0 saturated carbocycles. The predicted molar refractivity (Wildman–Crippen MR) is 48.8 cm³/mol. The molecule has 0 aromatic carbocycles.